The Hall–Kier alpha value is -3.50. The summed E-state index contributed by atoms with van der Waals surface area (Å²) >= 11 is 5.94. The third kappa shape index (κ3) is 5.91. The summed E-state index contributed by atoms with van der Waals surface area (Å²) in [5.74, 6) is 2.12. The molecule has 0 saturated carbocycles. The Morgan fingerprint density at radius 1 is 0.973 bits per heavy atom. The van der Waals surface area contributed by atoms with Crippen LogP contribution in [0.2, 0.25) is 5.02 Å². The number of furan rings is 1. The number of para-hydroxylation sites is 1. The third-order valence-corrected chi connectivity index (χ3v) is 7.16. The van der Waals surface area contributed by atoms with E-state index in [0.717, 1.165) is 11.3 Å². The molecule has 0 unspecified atom stereocenters. The van der Waals surface area contributed by atoms with Crippen LogP contribution < -0.4 is 14.2 Å². The van der Waals surface area contributed by atoms with Gasteiger partial charge in [0.2, 0.25) is 21.8 Å². The molecule has 4 rings (SSSR count). The number of aromatic nitrogens is 3. The van der Waals surface area contributed by atoms with Crippen molar-refractivity contribution in [2.75, 3.05) is 24.7 Å². The lowest BCUT2D eigenvalue weighted by Gasteiger charge is -2.17. The Bertz CT molecular complexity index is 1470. The fourth-order valence-electron chi connectivity index (χ4n) is 3.73. The van der Waals surface area contributed by atoms with Crippen molar-refractivity contribution in [1.29, 1.82) is 0 Å². The van der Waals surface area contributed by atoms with Crippen LogP contribution in [0.4, 0.5) is 5.95 Å². The zero-order valence-corrected chi connectivity index (χ0v) is 22.9. The van der Waals surface area contributed by atoms with Crippen molar-refractivity contribution in [1.82, 2.24) is 14.8 Å². The molecule has 9 nitrogen and oxygen atoms in total. The van der Waals surface area contributed by atoms with Gasteiger partial charge in [0.15, 0.2) is 5.76 Å². The van der Waals surface area contributed by atoms with Gasteiger partial charge in [-0.05, 0) is 48.4 Å². The largest absolute Gasteiger partial charge is 0.494 e. The highest BCUT2D eigenvalue weighted by Crippen LogP contribution is 2.38. The molecule has 0 saturated heterocycles. The predicted octanol–water partition coefficient (Wildman–Crippen LogP) is 5.48. The van der Waals surface area contributed by atoms with Gasteiger partial charge >= 0.3 is 0 Å². The van der Waals surface area contributed by atoms with Gasteiger partial charge in [-0.25, -0.2) is 8.42 Å². The molecule has 0 aliphatic carbocycles. The molecule has 11 heteroatoms. The minimum Gasteiger partial charge on any atom is -0.494 e. The van der Waals surface area contributed by atoms with Crippen LogP contribution in [0.3, 0.4) is 0 Å². The van der Waals surface area contributed by atoms with Crippen molar-refractivity contribution in [3.8, 4) is 28.8 Å². The number of hydrogen-bond acceptors (Lipinski definition) is 7. The van der Waals surface area contributed by atoms with Crippen LogP contribution in [-0.4, -0.2) is 43.2 Å². The first kappa shape index (κ1) is 26.6. The van der Waals surface area contributed by atoms with Crippen molar-refractivity contribution >= 4 is 27.6 Å². The van der Waals surface area contributed by atoms with Crippen LogP contribution in [0, 0.1) is 0 Å². The van der Waals surface area contributed by atoms with E-state index in [-0.39, 0.29) is 22.9 Å². The molecule has 0 amide bonds. The van der Waals surface area contributed by atoms with Gasteiger partial charge in [0.25, 0.3) is 0 Å². The maximum atomic E-state index is 13.1. The molecule has 37 heavy (non-hydrogen) atoms. The number of hydrogen-bond donors (Lipinski definition) is 1. The number of halogens is 1. The highest BCUT2D eigenvalue weighted by atomic mass is 35.5. The Kier molecular flexibility index (Phi) is 7.52. The molecule has 0 bridgehead atoms. The number of benzene rings is 2. The number of sulfonamides is 1. The Morgan fingerprint density at radius 2 is 1.62 bits per heavy atom. The van der Waals surface area contributed by atoms with Crippen molar-refractivity contribution in [3.05, 3.63) is 70.9 Å². The van der Waals surface area contributed by atoms with E-state index in [1.165, 1.54) is 18.8 Å². The van der Waals surface area contributed by atoms with E-state index in [2.05, 4.69) is 14.9 Å². The Morgan fingerprint density at radius 3 is 2.19 bits per heavy atom. The first-order valence-corrected chi connectivity index (χ1v) is 13.6. The predicted molar refractivity (Wildman–Crippen MR) is 143 cm³/mol. The van der Waals surface area contributed by atoms with Gasteiger partial charge in [-0.2, -0.15) is 0 Å². The van der Waals surface area contributed by atoms with E-state index in [4.69, 9.17) is 25.5 Å². The average molecular weight is 545 g/mol. The molecule has 0 fully saturated rings. The summed E-state index contributed by atoms with van der Waals surface area (Å²) in [6.45, 7) is 6.09. The summed E-state index contributed by atoms with van der Waals surface area (Å²) < 4.78 is 47.6. The minimum atomic E-state index is -3.82. The molecule has 2 heterocycles. The summed E-state index contributed by atoms with van der Waals surface area (Å²) in [5, 5.41) is 9.05. The van der Waals surface area contributed by atoms with Gasteiger partial charge in [0, 0.05) is 10.4 Å². The van der Waals surface area contributed by atoms with E-state index in [9.17, 15) is 8.42 Å². The standard InChI is InChI=1S/C26H29ClN4O5S/c1-26(2,3)22-14-13-21(36-22)24-28-29-25(31(24)23-19(34-4)7-6-8-20(23)35-5)30-37(32,33)16-15-17-9-11-18(27)12-10-17/h6-14H,15-16H2,1-5H3,(H,29,30). The smallest absolute Gasteiger partial charge is 0.243 e. The van der Waals surface area contributed by atoms with Gasteiger partial charge in [-0.1, -0.05) is 50.6 Å². The van der Waals surface area contributed by atoms with Crippen LogP contribution in [-0.2, 0) is 21.9 Å². The molecule has 4 aromatic rings. The van der Waals surface area contributed by atoms with E-state index < -0.39 is 10.0 Å². The quantitative estimate of drug-likeness (QED) is 0.297. The molecule has 2 aromatic carbocycles. The fourth-order valence-corrected chi connectivity index (χ4v) is 4.87. The number of rotatable bonds is 9. The molecule has 0 spiro atoms. The molecule has 2 aromatic heterocycles. The summed E-state index contributed by atoms with van der Waals surface area (Å²) in [6.07, 6.45) is 0.290. The van der Waals surface area contributed by atoms with Gasteiger partial charge in [0.1, 0.15) is 22.9 Å². The molecule has 1 N–H and O–H groups in total. The number of nitrogens with one attached hydrogen (secondary N) is 1. The first-order valence-electron chi connectivity index (χ1n) is 11.5. The number of aryl methyl sites for hydroxylation is 1. The van der Waals surface area contributed by atoms with Crippen LogP contribution in [0.1, 0.15) is 32.1 Å². The summed E-state index contributed by atoms with van der Waals surface area (Å²) in [4.78, 5) is 0. The van der Waals surface area contributed by atoms with Crippen molar-refractivity contribution in [2.24, 2.45) is 0 Å². The lowest BCUT2D eigenvalue weighted by molar-refractivity contribution is 0.390. The Balaban J connectivity index is 1.78. The third-order valence-electron chi connectivity index (χ3n) is 5.67. The number of anilines is 1. The van der Waals surface area contributed by atoms with E-state index >= 15 is 0 Å². The lowest BCUT2D eigenvalue weighted by Crippen LogP contribution is -2.21. The average Bonchev–Trinajstić information content (AvgIpc) is 3.50. The monoisotopic (exact) mass is 544 g/mol. The second-order valence-corrected chi connectivity index (χ2v) is 11.7. The van der Waals surface area contributed by atoms with Gasteiger partial charge in [-0.15, -0.1) is 10.2 Å². The molecule has 0 aliphatic heterocycles. The number of methoxy groups -OCH3 is 2. The van der Waals surface area contributed by atoms with Crippen LogP contribution in [0.25, 0.3) is 17.3 Å². The second-order valence-electron chi connectivity index (χ2n) is 9.41. The minimum absolute atomic E-state index is 0.0254. The van der Waals surface area contributed by atoms with Crippen molar-refractivity contribution in [2.45, 2.75) is 32.6 Å². The van der Waals surface area contributed by atoms with Crippen LogP contribution in [0.15, 0.2) is 59.0 Å². The lowest BCUT2D eigenvalue weighted by atomic mass is 9.94. The maximum Gasteiger partial charge on any atom is 0.243 e. The molecular formula is C26H29ClN4O5S. The highest BCUT2D eigenvalue weighted by Gasteiger charge is 2.27. The maximum absolute atomic E-state index is 13.1. The summed E-state index contributed by atoms with van der Waals surface area (Å²) in [5.41, 5.74) is 1.03. The summed E-state index contributed by atoms with van der Waals surface area (Å²) in [6, 6.07) is 15.9. The summed E-state index contributed by atoms with van der Waals surface area (Å²) in [7, 11) is -0.785. The zero-order chi connectivity index (χ0) is 26.8. The van der Waals surface area contributed by atoms with E-state index in [1.807, 2.05) is 26.8 Å². The molecule has 0 aliphatic rings. The van der Waals surface area contributed by atoms with E-state index in [1.54, 1.807) is 48.5 Å². The highest BCUT2D eigenvalue weighted by molar-refractivity contribution is 7.92. The molecule has 0 atom stereocenters. The van der Waals surface area contributed by atoms with Crippen molar-refractivity contribution < 1.29 is 22.3 Å². The normalized spacial score (nSPS) is 11.9. The number of ether oxygens (including phenoxy) is 2. The molecule has 196 valence electrons. The van der Waals surface area contributed by atoms with Gasteiger partial charge < -0.3 is 13.9 Å². The fraction of sp³-hybridized carbons (Fsp3) is 0.308. The second kappa shape index (κ2) is 10.5. The molecular weight excluding hydrogens is 516 g/mol. The van der Waals surface area contributed by atoms with E-state index in [0.29, 0.717) is 34.4 Å². The first-order chi connectivity index (χ1) is 17.5. The van der Waals surface area contributed by atoms with Crippen molar-refractivity contribution in [3.63, 3.8) is 0 Å². The zero-order valence-electron chi connectivity index (χ0n) is 21.3. The van der Waals surface area contributed by atoms with Crippen LogP contribution in [0.5, 0.6) is 11.5 Å². The number of nitrogens with zero attached hydrogens (tertiary/aromatic N) is 3. The van der Waals surface area contributed by atoms with Gasteiger partial charge in [-0.3, -0.25) is 9.29 Å². The Labute approximate surface area is 221 Å². The van der Waals surface area contributed by atoms with Gasteiger partial charge in [0.05, 0.1) is 20.0 Å². The molecule has 0 radical (unpaired) electrons. The van der Waals surface area contributed by atoms with Crippen LogP contribution >= 0.6 is 11.6 Å². The SMILES string of the molecule is COc1cccc(OC)c1-n1c(NS(=O)(=O)CCc2ccc(Cl)cc2)nnc1-c1ccc(C(C)(C)C)o1. The topological polar surface area (TPSA) is 108 Å².